The maximum atomic E-state index is 13.6. The lowest BCUT2D eigenvalue weighted by molar-refractivity contribution is 0.510. The molecule has 2 rings (SSSR count). The monoisotopic (exact) mass is 311 g/mol. The summed E-state index contributed by atoms with van der Waals surface area (Å²) in [5.41, 5.74) is 5.24. The number of aromatic nitrogens is 1. The average Bonchev–Trinajstić information content (AvgIpc) is 2.54. The van der Waals surface area contributed by atoms with E-state index in [2.05, 4.69) is 18.5 Å². The lowest BCUT2D eigenvalue weighted by Crippen LogP contribution is -1.98. The highest BCUT2D eigenvalue weighted by molar-refractivity contribution is 5.89. The Morgan fingerprint density at radius 3 is 2.57 bits per heavy atom. The third kappa shape index (κ3) is 3.86. The van der Waals surface area contributed by atoms with Gasteiger partial charge in [0.05, 0.1) is 5.69 Å². The van der Waals surface area contributed by atoms with Gasteiger partial charge in [0.25, 0.3) is 0 Å². The molecule has 0 aliphatic heterocycles. The minimum Gasteiger partial charge on any atom is -0.506 e. The quantitative estimate of drug-likeness (QED) is 0.709. The van der Waals surface area contributed by atoms with Crippen molar-refractivity contribution in [2.45, 2.75) is 33.6 Å². The van der Waals surface area contributed by atoms with E-state index in [1.54, 1.807) is 18.2 Å². The van der Waals surface area contributed by atoms with Gasteiger partial charge in [0.1, 0.15) is 17.3 Å². The molecule has 0 unspecified atom stereocenters. The van der Waals surface area contributed by atoms with Gasteiger partial charge in [-0.3, -0.25) is 0 Å². The Morgan fingerprint density at radius 2 is 1.91 bits per heavy atom. The Labute approximate surface area is 137 Å². The summed E-state index contributed by atoms with van der Waals surface area (Å²) >= 11 is 0. The molecule has 1 N–H and O–H groups in total. The molecule has 2 aromatic rings. The van der Waals surface area contributed by atoms with Crippen LogP contribution >= 0.6 is 0 Å². The molecule has 0 saturated heterocycles. The number of hydrogen-bond donors (Lipinski definition) is 1. The summed E-state index contributed by atoms with van der Waals surface area (Å²) in [5, 5.41) is 9.57. The van der Waals surface area contributed by atoms with Crippen molar-refractivity contribution in [3.63, 3.8) is 0 Å². The molecule has 0 radical (unpaired) electrons. The second kappa shape index (κ2) is 7.23. The molecule has 0 amide bonds. The predicted octanol–water partition coefficient (Wildman–Crippen LogP) is 5.79. The molecule has 0 saturated carbocycles. The summed E-state index contributed by atoms with van der Waals surface area (Å²) in [4.78, 5) is 4.49. The van der Waals surface area contributed by atoms with Gasteiger partial charge in [-0.1, -0.05) is 32.1 Å². The molecular formula is C20H22FNO. The van der Waals surface area contributed by atoms with Crippen molar-refractivity contribution in [3.8, 4) is 0 Å². The first-order valence-corrected chi connectivity index (χ1v) is 7.76. The van der Waals surface area contributed by atoms with Crippen LogP contribution in [0.5, 0.6) is 0 Å². The van der Waals surface area contributed by atoms with E-state index in [9.17, 15) is 9.50 Å². The molecule has 0 spiro atoms. The van der Waals surface area contributed by atoms with Crippen LogP contribution in [0.15, 0.2) is 43.0 Å². The Kier molecular flexibility index (Phi) is 5.32. The van der Waals surface area contributed by atoms with Crippen LogP contribution in [0.25, 0.3) is 16.9 Å². The minimum atomic E-state index is -0.244. The van der Waals surface area contributed by atoms with Gasteiger partial charge in [-0.05, 0) is 66.8 Å². The Morgan fingerprint density at radius 1 is 1.22 bits per heavy atom. The van der Waals surface area contributed by atoms with E-state index >= 15 is 0 Å². The molecule has 0 aliphatic carbocycles. The lowest BCUT2D eigenvalue weighted by atomic mass is 9.93. The smallest absolute Gasteiger partial charge is 0.134 e. The number of allylic oxidation sites excluding steroid dienone is 2. The van der Waals surface area contributed by atoms with E-state index in [4.69, 9.17) is 0 Å². The molecule has 1 aromatic carbocycles. The summed E-state index contributed by atoms with van der Waals surface area (Å²) in [6.45, 7) is 9.59. The van der Waals surface area contributed by atoms with E-state index in [-0.39, 0.29) is 11.6 Å². The number of nitrogens with zero attached hydrogens (tertiary/aromatic N) is 1. The zero-order valence-electron chi connectivity index (χ0n) is 13.9. The number of rotatable bonds is 5. The second-order valence-corrected chi connectivity index (χ2v) is 5.67. The standard InChI is InChI=1S/C20H22FNO/c1-5-7-17(20-9-6-8-19(22-20)15(4)23)14(3)18-12-16(21)11-10-13(18)2/h6,8-12,23H,4-5,7H2,1-3H3/b17-14-. The van der Waals surface area contributed by atoms with E-state index in [0.717, 1.165) is 40.8 Å². The van der Waals surface area contributed by atoms with Crippen molar-refractivity contribution in [1.82, 2.24) is 4.98 Å². The van der Waals surface area contributed by atoms with Crippen LogP contribution in [0.2, 0.25) is 0 Å². The lowest BCUT2D eigenvalue weighted by Gasteiger charge is -2.14. The first kappa shape index (κ1) is 16.9. The largest absolute Gasteiger partial charge is 0.506 e. The summed E-state index contributed by atoms with van der Waals surface area (Å²) in [5.74, 6) is -0.298. The second-order valence-electron chi connectivity index (χ2n) is 5.67. The zero-order valence-corrected chi connectivity index (χ0v) is 13.9. The highest BCUT2D eigenvalue weighted by Gasteiger charge is 2.12. The van der Waals surface area contributed by atoms with Crippen molar-refractivity contribution >= 4 is 16.9 Å². The molecule has 3 heteroatoms. The Hall–Kier alpha value is -2.42. The summed E-state index contributed by atoms with van der Waals surface area (Å²) < 4.78 is 13.6. The fourth-order valence-electron chi connectivity index (χ4n) is 2.68. The maximum Gasteiger partial charge on any atom is 0.134 e. The molecule has 1 heterocycles. The van der Waals surface area contributed by atoms with Crippen molar-refractivity contribution in [1.29, 1.82) is 0 Å². The fraction of sp³-hybridized carbons (Fsp3) is 0.250. The van der Waals surface area contributed by atoms with Gasteiger partial charge in [-0.15, -0.1) is 0 Å². The molecule has 1 aromatic heterocycles. The molecule has 23 heavy (non-hydrogen) atoms. The van der Waals surface area contributed by atoms with E-state index < -0.39 is 0 Å². The minimum absolute atomic E-state index is 0.0534. The average molecular weight is 311 g/mol. The topological polar surface area (TPSA) is 33.1 Å². The van der Waals surface area contributed by atoms with Gasteiger partial charge < -0.3 is 5.11 Å². The number of aryl methyl sites for hydroxylation is 1. The van der Waals surface area contributed by atoms with Crippen LogP contribution in [0, 0.1) is 12.7 Å². The third-order valence-electron chi connectivity index (χ3n) is 3.91. The highest BCUT2D eigenvalue weighted by atomic mass is 19.1. The van der Waals surface area contributed by atoms with Crippen LogP contribution in [0.3, 0.4) is 0 Å². The van der Waals surface area contributed by atoms with Gasteiger partial charge in [0.15, 0.2) is 0 Å². The molecule has 120 valence electrons. The molecule has 0 atom stereocenters. The SMILES string of the molecule is C=C(O)c1cccc(/C(CCC)=C(/C)c2cc(F)ccc2C)n1. The van der Waals surface area contributed by atoms with Crippen LogP contribution in [-0.4, -0.2) is 10.1 Å². The van der Waals surface area contributed by atoms with E-state index in [1.807, 2.05) is 26.0 Å². The predicted molar refractivity (Wildman–Crippen MR) is 94.4 cm³/mol. The van der Waals surface area contributed by atoms with Crippen LogP contribution < -0.4 is 0 Å². The molecule has 0 fully saturated rings. The third-order valence-corrected chi connectivity index (χ3v) is 3.91. The number of aliphatic hydroxyl groups excluding tert-OH is 1. The van der Waals surface area contributed by atoms with Gasteiger partial charge in [0.2, 0.25) is 0 Å². The Bertz CT molecular complexity index is 762. The molecule has 2 nitrogen and oxygen atoms in total. The zero-order chi connectivity index (χ0) is 17.0. The van der Waals surface area contributed by atoms with Crippen molar-refractivity contribution in [2.24, 2.45) is 0 Å². The van der Waals surface area contributed by atoms with Crippen LogP contribution in [-0.2, 0) is 0 Å². The van der Waals surface area contributed by atoms with Gasteiger partial charge in [-0.2, -0.15) is 0 Å². The number of pyridine rings is 1. The normalized spacial score (nSPS) is 12.0. The van der Waals surface area contributed by atoms with E-state index in [0.29, 0.717) is 5.69 Å². The Balaban J connectivity index is 2.62. The number of hydrogen-bond acceptors (Lipinski definition) is 2. The number of benzene rings is 1. The number of halogens is 1. The first-order valence-electron chi connectivity index (χ1n) is 7.76. The highest BCUT2D eigenvalue weighted by Crippen LogP contribution is 2.31. The van der Waals surface area contributed by atoms with E-state index in [1.165, 1.54) is 6.07 Å². The first-order chi connectivity index (χ1) is 10.9. The summed E-state index contributed by atoms with van der Waals surface area (Å²) in [6.07, 6.45) is 1.78. The summed E-state index contributed by atoms with van der Waals surface area (Å²) in [6, 6.07) is 10.3. The van der Waals surface area contributed by atoms with Crippen molar-refractivity contribution < 1.29 is 9.50 Å². The summed E-state index contributed by atoms with van der Waals surface area (Å²) in [7, 11) is 0. The van der Waals surface area contributed by atoms with Crippen molar-refractivity contribution in [2.75, 3.05) is 0 Å². The van der Waals surface area contributed by atoms with Crippen LogP contribution in [0.1, 0.15) is 49.2 Å². The number of aliphatic hydroxyl groups is 1. The van der Waals surface area contributed by atoms with Gasteiger partial charge in [0, 0.05) is 0 Å². The fourth-order valence-corrected chi connectivity index (χ4v) is 2.68. The molecule has 0 bridgehead atoms. The maximum absolute atomic E-state index is 13.6. The molecule has 0 aliphatic rings. The van der Waals surface area contributed by atoms with Crippen LogP contribution in [0.4, 0.5) is 4.39 Å². The van der Waals surface area contributed by atoms with Gasteiger partial charge >= 0.3 is 0 Å². The van der Waals surface area contributed by atoms with Crippen molar-refractivity contribution in [3.05, 3.63) is 71.3 Å². The van der Waals surface area contributed by atoms with Gasteiger partial charge in [-0.25, -0.2) is 9.37 Å². The molecular weight excluding hydrogens is 289 g/mol.